The SMILES string of the molecule is CCC=CCC=CCC=CCCCCCCCC(=O)OCC(COC(=O)CCCC=CCC=CCC=CCC=CCCCCC)OC(=O)CCCCCCCC=CCC=CCCCCC. The summed E-state index contributed by atoms with van der Waals surface area (Å²) < 4.78 is 16.7. The summed E-state index contributed by atoms with van der Waals surface area (Å²) >= 11 is 0. The van der Waals surface area contributed by atoms with Gasteiger partial charge in [0.25, 0.3) is 0 Å². The first-order valence-electron chi connectivity index (χ1n) is 26.4. The van der Waals surface area contributed by atoms with E-state index in [1.807, 2.05) is 0 Å². The second-order valence-corrected chi connectivity index (χ2v) is 17.0. The topological polar surface area (TPSA) is 78.9 Å². The van der Waals surface area contributed by atoms with E-state index in [1.165, 1.54) is 51.4 Å². The lowest BCUT2D eigenvalue weighted by atomic mass is 10.1. The van der Waals surface area contributed by atoms with Gasteiger partial charge in [-0.25, -0.2) is 0 Å². The highest BCUT2D eigenvalue weighted by Gasteiger charge is 2.19. The molecule has 6 nitrogen and oxygen atoms in total. The summed E-state index contributed by atoms with van der Waals surface area (Å²) in [4.78, 5) is 38.0. The number of rotatable bonds is 46. The molecule has 0 amide bonds. The molecule has 0 rings (SSSR count). The molecular weight excluding hydrogens is 805 g/mol. The fraction of sp³-hybridized carbons (Fsp3) is 0.644. The second-order valence-electron chi connectivity index (χ2n) is 17.0. The number of carbonyl (C=O) groups is 3. The van der Waals surface area contributed by atoms with E-state index in [-0.39, 0.29) is 37.5 Å². The van der Waals surface area contributed by atoms with Crippen LogP contribution in [0.1, 0.15) is 226 Å². The summed E-state index contributed by atoms with van der Waals surface area (Å²) in [5.74, 6) is -1.00. The van der Waals surface area contributed by atoms with Gasteiger partial charge in [0.2, 0.25) is 0 Å². The predicted molar refractivity (Wildman–Crippen MR) is 279 cm³/mol. The van der Waals surface area contributed by atoms with Crippen LogP contribution in [0, 0.1) is 0 Å². The number of unbranched alkanes of at least 4 members (excludes halogenated alkanes) is 17. The van der Waals surface area contributed by atoms with Crippen molar-refractivity contribution in [1.82, 2.24) is 0 Å². The van der Waals surface area contributed by atoms with E-state index >= 15 is 0 Å². The summed E-state index contributed by atoms with van der Waals surface area (Å²) in [5.41, 5.74) is 0. The van der Waals surface area contributed by atoms with Crippen LogP contribution in [0.5, 0.6) is 0 Å². The maximum Gasteiger partial charge on any atom is 0.306 e. The highest BCUT2D eigenvalue weighted by molar-refractivity contribution is 5.71. The number of hydrogen-bond acceptors (Lipinski definition) is 6. The van der Waals surface area contributed by atoms with Gasteiger partial charge in [0.15, 0.2) is 6.10 Å². The van der Waals surface area contributed by atoms with Gasteiger partial charge in [0.1, 0.15) is 13.2 Å². The van der Waals surface area contributed by atoms with Crippen LogP contribution < -0.4 is 0 Å². The van der Waals surface area contributed by atoms with Gasteiger partial charge < -0.3 is 14.2 Å². The van der Waals surface area contributed by atoms with E-state index in [1.54, 1.807) is 0 Å². The zero-order valence-electron chi connectivity index (χ0n) is 42.0. The molecule has 65 heavy (non-hydrogen) atoms. The van der Waals surface area contributed by atoms with Crippen LogP contribution in [0.25, 0.3) is 0 Å². The number of allylic oxidation sites excluding steroid dienone is 18. The van der Waals surface area contributed by atoms with Gasteiger partial charge in [-0.3, -0.25) is 14.4 Å². The fourth-order valence-corrected chi connectivity index (χ4v) is 6.77. The molecule has 0 aliphatic carbocycles. The van der Waals surface area contributed by atoms with Gasteiger partial charge in [-0.05, 0) is 122 Å². The third kappa shape index (κ3) is 50.9. The lowest BCUT2D eigenvalue weighted by Gasteiger charge is -2.18. The minimum atomic E-state index is -0.816. The van der Waals surface area contributed by atoms with Gasteiger partial charge in [0.05, 0.1) is 0 Å². The first-order chi connectivity index (χ1) is 32.0. The standard InChI is InChI=1S/C59H96O6/c1-4-7-10-13-16-19-22-25-28-29-32-34-37-40-43-46-49-52-58(61)64-55-56(65-59(62)53-50-47-44-41-38-35-31-27-24-21-18-15-12-9-6-3)54-63-57(60)51-48-45-42-39-36-33-30-26-23-20-17-14-11-8-5-2/h8,11,16-21,25-28,30-32,34,40,43,56H,4-7,9-10,12-15,22-24,29,33,35-39,41-42,44-55H2,1-3H3. The lowest BCUT2D eigenvalue weighted by molar-refractivity contribution is -0.167. The van der Waals surface area contributed by atoms with E-state index in [0.29, 0.717) is 19.3 Å². The minimum Gasteiger partial charge on any atom is -0.462 e. The molecule has 0 heterocycles. The van der Waals surface area contributed by atoms with E-state index in [4.69, 9.17) is 14.2 Å². The second kappa shape index (κ2) is 52.7. The van der Waals surface area contributed by atoms with E-state index < -0.39 is 6.10 Å². The molecule has 0 saturated heterocycles. The lowest BCUT2D eigenvalue weighted by Crippen LogP contribution is -2.30. The van der Waals surface area contributed by atoms with Crippen LogP contribution >= 0.6 is 0 Å². The molecule has 1 unspecified atom stereocenters. The highest BCUT2D eigenvalue weighted by atomic mass is 16.6. The molecule has 0 aliphatic heterocycles. The van der Waals surface area contributed by atoms with Gasteiger partial charge in [-0.1, -0.05) is 194 Å². The normalized spacial score (nSPS) is 13.0. The molecule has 0 radical (unpaired) electrons. The third-order valence-corrected chi connectivity index (χ3v) is 10.7. The first kappa shape index (κ1) is 61.1. The fourth-order valence-electron chi connectivity index (χ4n) is 6.77. The molecule has 0 aromatic rings. The maximum atomic E-state index is 12.8. The summed E-state index contributed by atoms with van der Waals surface area (Å²) in [6.07, 6.45) is 70.7. The Morgan fingerprint density at radius 1 is 0.323 bits per heavy atom. The molecule has 0 bridgehead atoms. The zero-order valence-corrected chi connectivity index (χ0v) is 42.0. The molecule has 0 fully saturated rings. The Labute approximate surface area is 400 Å². The molecule has 6 heteroatoms. The Kier molecular flexibility index (Phi) is 49.5. The minimum absolute atomic E-state index is 0.112. The summed E-state index contributed by atoms with van der Waals surface area (Å²) in [6, 6.07) is 0. The van der Waals surface area contributed by atoms with Crippen molar-refractivity contribution in [1.29, 1.82) is 0 Å². The molecule has 0 aliphatic rings. The molecule has 0 aromatic carbocycles. The predicted octanol–water partition coefficient (Wildman–Crippen LogP) is 17.5. The molecule has 0 N–H and O–H groups in total. The average Bonchev–Trinajstić information content (AvgIpc) is 3.30. The van der Waals surface area contributed by atoms with Crippen LogP contribution in [-0.4, -0.2) is 37.2 Å². The van der Waals surface area contributed by atoms with Crippen molar-refractivity contribution in [2.45, 2.75) is 232 Å². The van der Waals surface area contributed by atoms with Crippen LogP contribution in [0.3, 0.4) is 0 Å². The molecular formula is C59H96O6. The van der Waals surface area contributed by atoms with Crippen LogP contribution in [-0.2, 0) is 28.6 Å². The van der Waals surface area contributed by atoms with Gasteiger partial charge in [-0.15, -0.1) is 0 Å². The number of esters is 3. The summed E-state index contributed by atoms with van der Waals surface area (Å²) in [6.45, 7) is 6.38. The Morgan fingerprint density at radius 3 is 1.00 bits per heavy atom. The van der Waals surface area contributed by atoms with Crippen molar-refractivity contribution in [3.05, 3.63) is 109 Å². The van der Waals surface area contributed by atoms with Crippen molar-refractivity contribution in [2.75, 3.05) is 13.2 Å². The molecule has 0 aromatic heterocycles. The Balaban J connectivity index is 4.54. The van der Waals surface area contributed by atoms with Crippen molar-refractivity contribution < 1.29 is 28.6 Å². The van der Waals surface area contributed by atoms with Crippen molar-refractivity contribution in [3.8, 4) is 0 Å². The average molecular weight is 901 g/mol. The van der Waals surface area contributed by atoms with Gasteiger partial charge in [0, 0.05) is 19.3 Å². The molecule has 1 atom stereocenters. The maximum absolute atomic E-state index is 12.8. The Hall–Kier alpha value is -3.93. The smallest absolute Gasteiger partial charge is 0.306 e. The molecule has 0 saturated carbocycles. The Bertz CT molecular complexity index is 1360. The van der Waals surface area contributed by atoms with E-state index in [0.717, 1.165) is 128 Å². The Morgan fingerprint density at radius 2 is 0.615 bits per heavy atom. The van der Waals surface area contributed by atoms with Crippen LogP contribution in [0.15, 0.2) is 109 Å². The van der Waals surface area contributed by atoms with E-state index in [2.05, 4.69) is 130 Å². The van der Waals surface area contributed by atoms with Crippen molar-refractivity contribution in [2.24, 2.45) is 0 Å². The summed E-state index contributed by atoms with van der Waals surface area (Å²) in [7, 11) is 0. The monoisotopic (exact) mass is 901 g/mol. The highest BCUT2D eigenvalue weighted by Crippen LogP contribution is 2.12. The molecule has 368 valence electrons. The quantitative estimate of drug-likeness (QED) is 0.0262. The third-order valence-electron chi connectivity index (χ3n) is 10.7. The van der Waals surface area contributed by atoms with Crippen molar-refractivity contribution >= 4 is 17.9 Å². The number of carbonyl (C=O) groups excluding carboxylic acids is 3. The van der Waals surface area contributed by atoms with Gasteiger partial charge in [-0.2, -0.15) is 0 Å². The van der Waals surface area contributed by atoms with Crippen molar-refractivity contribution in [3.63, 3.8) is 0 Å². The van der Waals surface area contributed by atoms with Crippen LogP contribution in [0.4, 0.5) is 0 Å². The number of hydrogen-bond donors (Lipinski definition) is 0. The molecule has 0 spiro atoms. The number of ether oxygens (including phenoxy) is 3. The summed E-state index contributed by atoms with van der Waals surface area (Å²) in [5, 5.41) is 0. The van der Waals surface area contributed by atoms with E-state index in [9.17, 15) is 14.4 Å². The van der Waals surface area contributed by atoms with Gasteiger partial charge >= 0.3 is 17.9 Å². The first-order valence-corrected chi connectivity index (χ1v) is 26.4. The zero-order chi connectivity index (χ0) is 47.2. The largest absolute Gasteiger partial charge is 0.462 e. The van der Waals surface area contributed by atoms with Crippen LogP contribution in [0.2, 0.25) is 0 Å².